The number of hydrogen-bond acceptors (Lipinski definition) is 5. The monoisotopic (exact) mass is 273 g/mol. The maximum atomic E-state index is 11.8. The summed E-state index contributed by atoms with van der Waals surface area (Å²) in [4.78, 5) is 23.4. The summed E-state index contributed by atoms with van der Waals surface area (Å²) in [5.41, 5.74) is 0.884. The van der Waals surface area contributed by atoms with Crippen LogP contribution in [0.3, 0.4) is 0 Å². The van der Waals surface area contributed by atoms with Crippen LogP contribution in [-0.4, -0.2) is 33.4 Å². The van der Waals surface area contributed by atoms with Gasteiger partial charge in [0, 0.05) is 0 Å². The van der Waals surface area contributed by atoms with E-state index in [9.17, 15) is 9.59 Å². The predicted molar refractivity (Wildman–Crippen MR) is 71.2 cm³/mol. The number of benzene rings is 1. The van der Waals surface area contributed by atoms with Crippen molar-refractivity contribution in [3.8, 4) is 0 Å². The number of rotatable bonds is 5. The molecule has 0 N–H and O–H groups in total. The lowest BCUT2D eigenvalue weighted by Gasteiger charge is -2.13. The van der Waals surface area contributed by atoms with Gasteiger partial charge in [-0.15, -0.1) is 5.10 Å². The van der Waals surface area contributed by atoms with E-state index in [0.29, 0.717) is 0 Å². The van der Waals surface area contributed by atoms with Crippen LogP contribution >= 0.6 is 0 Å². The second-order valence-electron chi connectivity index (χ2n) is 4.23. The van der Waals surface area contributed by atoms with E-state index in [-0.39, 0.29) is 18.1 Å². The van der Waals surface area contributed by atoms with Gasteiger partial charge in [0.2, 0.25) is 0 Å². The van der Waals surface area contributed by atoms with E-state index in [1.807, 2.05) is 30.3 Å². The zero-order chi connectivity index (χ0) is 14.5. The smallest absolute Gasteiger partial charge is 0.360 e. The van der Waals surface area contributed by atoms with Crippen molar-refractivity contribution >= 4 is 11.8 Å². The lowest BCUT2D eigenvalue weighted by atomic mass is 10.0. The highest BCUT2D eigenvalue weighted by molar-refractivity contribution is 5.87. The molecule has 0 fully saturated rings. The second-order valence-corrected chi connectivity index (χ2v) is 4.23. The number of Topliss-reactive ketones (excluding diaryl/α,β-unsaturated/α-hetero) is 1. The number of ketones is 1. The van der Waals surface area contributed by atoms with Crippen molar-refractivity contribution in [3.05, 3.63) is 47.8 Å². The minimum absolute atomic E-state index is 0.0866. The van der Waals surface area contributed by atoms with Gasteiger partial charge in [-0.05, 0) is 19.4 Å². The maximum absolute atomic E-state index is 11.8. The summed E-state index contributed by atoms with van der Waals surface area (Å²) in [5.74, 6) is -0.634. The number of hydrogen-bond donors (Lipinski definition) is 0. The first-order chi connectivity index (χ1) is 9.63. The molecule has 0 radical (unpaired) electrons. The molecule has 104 valence electrons. The normalized spacial score (nSPS) is 11.9. The van der Waals surface area contributed by atoms with E-state index < -0.39 is 12.0 Å². The average Bonchev–Trinajstić information content (AvgIpc) is 2.89. The van der Waals surface area contributed by atoms with E-state index in [4.69, 9.17) is 4.74 Å². The van der Waals surface area contributed by atoms with Crippen molar-refractivity contribution in [2.45, 2.75) is 19.9 Å². The largest absolute Gasteiger partial charge is 0.461 e. The van der Waals surface area contributed by atoms with Crippen LogP contribution in [0.15, 0.2) is 36.5 Å². The van der Waals surface area contributed by atoms with Crippen molar-refractivity contribution in [1.29, 1.82) is 0 Å². The van der Waals surface area contributed by atoms with Crippen LogP contribution in [0.4, 0.5) is 0 Å². The summed E-state index contributed by atoms with van der Waals surface area (Å²) in [6.45, 7) is 3.45. The molecule has 0 amide bonds. The van der Waals surface area contributed by atoms with E-state index in [0.717, 1.165) is 5.56 Å². The van der Waals surface area contributed by atoms with Crippen molar-refractivity contribution in [1.82, 2.24) is 15.0 Å². The third-order valence-corrected chi connectivity index (χ3v) is 2.76. The Morgan fingerprint density at radius 3 is 2.60 bits per heavy atom. The van der Waals surface area contributed by atoms with Crippen LogP contribution in [0.5, 0.6) is 0 Å². The SMILES string of the molecule is CCOC(=O)c1cn(C(C(C)=O)c2ccccc2)nn1. The molecule has 20 heavy (non-hydrogen) atoms. The lowest BCUT2D eigenvalue weighted by Crippen LogP contribution is -2.19. The first kappa shape index (κ1) is 13.9. The van der Waals surface area contributed by atoms with Gasteiger partial charge in [0.1, 0.15) is 6.04 Å². The highest BCUT2D eigenvalue weighted by Crippen LogP contribution is 2.18. The first-order valence-electron chi connectivity index (χ1n) is 6.27. The standard InChI is InChI=1S/C14H15N3O3/c1-3-20-14(19)12-9-17(16-15-12)13(10(2)18)11-7-5-4-6-8-11/h4-9,13H,3H2,1-2H3. The molecule has 0 bridgehead atoms. The van der Waals surface area contributed by atoms with E-state index in [1.54, 1.807) is 6.92 Å². The molecule has 1 aromatic heterocycles. The topological polar surface area (TPSA) is 74.1 Å². The fourth-order valence-corrected chi connectivity index (χ4v) is 1.91. The molecule has 0 aliphatic rings. The summed E-state index contributed by atoms with van der Waals surface area (Å²) >= 11 is 0. The zero-order valence-electron chi connectivity index (χ0n) is 11.3. The quantitative estimate of drug-likeness (QED) is 0.774. The van der Waals surface area contributed by atoms with Gasteiger partial charge >= 0.3 is 5.97 Å². The Labute approximate surface area is 116 Å². The minimum Gasteiger partial charge on any atom is -0.461 e. The lowest BCUT2D eigenvalue weighted by molar-refractivity contribution is -0.119. The van der Waals surface area contributed by atoms with Crippen molar-refractivity contribution in [2.75, 3.05) is 6.61 Å². The Kier molecular flexibility index (Phi) is 4.24. The van der Waals surface area contributed by atoms with Crippen LogP contribution in [0.25, 0.3) is 0 Å². The number of aromatic nitrogens is 3. The molecule has 2 rings (SSSR count). The molecule has 0 aliphatic carbocycles. The number of nitrogens with zero attached hydrogens (tertiary/aromatic N) is 3. The Morgan fingerprint density at radius 1 is 1.30 bits per heavy atom. The van der Waals surface area contributed by atoms with Gasteiger partial charge in [-0.3, -0.25) is 4.79 Å². The van der Waals surface area contributed by atoms with Gasteiger partial charge in [-0.25, -0.2) is 9.48 Å². The molecule has 6 nitrogen and oxygen atoms in total. The minimum atomic E-state index is -0.591. The summed E-state index contributed by atoms with van der Waals surface area (Å²) in [5, 5.41) is 7.61. The van der Waals surface area contributed by atoms with Crippen molar-refractivity contribution in [2.24, 2.45) is 0 Å². The third-order valence-electron chi connectivity index (χ3n) is 2.76. The highest BCUT2D eigenvalue weighted by Gasteiger charge is 2.22. The molecule has 0 spiro atoms. The van der Waals surface area contributed by atoms with Crippen LogP contribution in [0.2, 0.25) is 0 Å². The van der Waals surface area contributed by atoms with E-state index in [2.05, 4.69) is 10.3 Å². The summed E-state index contributed by atoms with van der Waals surface area (Å²) < 4.78 is 6.23. The van der Waals surface area contributed by atoms with Crippen LogP contribution in [-0.2, 0) is 9.53 Å². The fourth-order valence-electron chi connectivity index (χ4n) is 1.91. The molecule has 1 unspecified atom stereocenters. The summed E-state index contributed by atoms with van der Waals surface area (Å²) in [6.07, 6.45) is 1.43. The molecule has 1 heterocycles. The second kappa shape index (κ2) is 6.10. The summed E-state index contributed by atoms with van der Waals surface area (Å²) in [7, 11) is 0. The van der Waals surface area contributed by atoms with Crippen LogP contribution in [0, 0.1) is 0 Å². The molecule has 6 heteroatoms. The zero-order valence-corrected chi connectivity index (χ0v) is 11.3. The molecule has 1 aromatic carbocycles. The molecule has 2 aromatic rings. The van der Waals surface area contributed by atoms with Gasteiger partial charge in [0.15, 0.2) is 11.5 Å². The molecule has 1 atom stereocenters. The average molecular weight is 273 g/mol. The first-order valence-corrected chi connectivity index (χ1v) is 6.27. The van der Waals surface area contributed by atoms with Gasteiger partial charge in [-0.1, -0.05) is 35.5 Å². The van der Waals surface area contributed by atoms with Gasteiger partial charge in [0.25, 0.3) is 0 Å². The molecular weight excluding hydrogens is 258 g/mol. The van der Waals surface area contributed by atoms with E-state index >= 15 is 0 Å². The Hall–Kier alpha value is -2.50. The van der Waals surface area contributed by atoms with Gasteiger partial charge < -0.3 is 4.74 Å². The number of carbonyl (C=O) groups is 2. The number of esters is 1. The predicted octanol–water partition coefficient (Wildman–Crippen LogP) is 1.63. The maximum Gasteiger partial charge on any atom is 0.360 e. The third kappa shape index (κ3) is 2.90. The number of carbonyl (C=O) groups excluding carboxylic acids is 2. The molecule has 0 saturated carbocycles. The fraction of sp³-hybridized carbons (Fsp3) is 0.286. The molecular formula is C14H15N3O3. The van der Waals surface area contributed by atoms with Crippen molar-refractivity contribution in [3.63, 3.8) is 0 Å². The Balaban J connectivity index is 2.32. The van der Waals surface area contributed by atoms with Gasteiger partial charge in [-0.2, -0.15) is 0 Å². The van der Waals surface area contributed by atoms with Gasteiger partial charge in [0.05, 0.1) is 12.8 Å². The van der Waals surface area contributed by atoms with Crippen LogP contribution in [0.1, 0.15) is 35.9 Å². The van der Waals surface area contributed by atoms with E-state index in [1.165, 1.54) is 17.8 Å². The number of ether oxygens (including phenoxy) is 1. The Morgan fingerprint density at radius 2 is 2.00 bits per heavy atom. The molecule has 0 saturated heterocycles. The van der Waals surface area contributed by atoms with Crippen LogP contribution < -0.4 is 0 Å². The highest BCUT2D eigenvalue weighted by atomic mass is 16.5. The Bertz CT molecular complexity index is 607. The molecule has 0 aliphatic heterocycles. The summed E-state index contributed by atoms with van der Waals surface area (Å²) in [6, 6.07) is 8.62. The van der Waals surface area contributed by atoms with Crippen molar-refractivity contribution < 1.29 is 14.3 Å².